The highest BCUT2D eigenvalue weighted by Crippen LogP contribution is 2.32. The molecule has 4 aromatic rings. The number of nitrogens with zero attached hydrogens (tertiary/aromatic N) is 4. The number of anilines is 2. The summed E-state index contributed by atoms with van der Waals surface area (Å²) in [4.78, 5) is 28.0. The first-order valence-electron chi connectivity index (χ1n) is 11.3. The lowest BCUT2D eigenvalue weighted by Crippen LogP contribution is -2.35. The minimum atomic E-state index is -0.415. The van der Waals surface area contributed by atoms with Gasteiger partial charge in [-0.15, -0.1) is 0 Å². The van der Waals surface area contributed by atoms with Gasteiger partial charge in [-0.3, -0.25) is 5.32 Å². The molecule has 188 valence electrons. The smallest absolute Gasteiger partial charge is 0.323 e. The van der Waals surface area contributed by atoms with Crippen LogP contribution in [0.15, 0.2) is 77.0 Å². The van der Waals surface area contributed by atoms with Crippen LogP contribution in [-0.4, -0.2) is 40.6 Å². The van der Waals surface area contributed by atoms with Crippen molar-refractivity contribution in [2.24, 2.45) is 4.99 Å². The summed E-state index contributed by atoms with van der Waals surface area (Å²) in [6, 6.07) is 12.1. The molecule has 2 aromatic heterocycles. The number of amides is 2. The number of imidazole rings is 1. The highest BCUT2D eigenvalue weighted by Gasteiger charge is 2.11. The van der Waals surface area contributed by atoms with E-state index < -0.39 is 6.03 Å². The average Bonchev–Trinajstić information content (AvgIpc) is 3.62. The summed E-state index contributed by atoms with van der Waals surface area (Å²) in [6.07, 6.45) is 8.92. The number of carbonyl (C=O) groups is 1. The molecule has 0 radical (unpaired) electrons. The van der Waals surface area contributed by atoms with E-state index in [4.69, 9.17) is 14.4 Å². The summed E-state index contributed by atoms with van der Waals surface area (Å²) in [5, 5.41) is 20.2. The number of ether oxygens (including phenoxy) is 1. The van der Waals surface area contributed by atoms with Gasteiger partial charge in [-0.1, -0.05) is 12.1 Å². The van der Waals surface area contributed by atoms with E-state index >= 15 is 0 Å². The molecule has 0 spiro atoms. The minimum absolute atomic E-state index is 0.302. The van der Waals surface area contributed by atoms with Crippen molar-refractivity contribution in [3.8, 4) is 23.3 Å². The molecule has 0 aliphatic rings. The lowest BCUT2D eigenvalue weighted by molar-refractivity contribution is 0.262. The van der Waals surface area contributed by atoms with Gasteiger partial charge in [0.1, 0.15) is 5.75 Å². The van der Waals surface area contributed by atoms with Crippen LogP contribution >= 0.6 is 0 Å². The van der Waals surface area contributed by atoms with Crippen molar-refractivity contribution in [2.45, 2.75) is 13.0 Å². The van der Waals surface area contributed by atoms with Crippen molar-refractivity contribution in [2.75, 3.05) is 24.3 Å². The van der Waals surface area contributed by atoms with Crippen LogP contribution in [0, 0.1) is 11.5 Å². The van der Waals surface area contributed by atoms with E-state index in [1.807, 2.05) is 30.6 Å². The number of guanidine groups is 1. The van der Waals surface area contributed by atoms with Crippen LogP contribution in [-0.2, 0) is 13.0 Å². The second-order valence-corrected chi connectivity index (χ2v) is 7.70. The standard InChI is InChI=1S/C25H25N9O3/c1-36-22-10-19(5-6-21(22)23-13-28-16-37-23)34-25(35)33-18-4-2-3-17(9-18)11-30-24(31-14-26)29-8-7-20-12-27-15-32-20/h2-6,9-10,12-13,15-16H,7-8,11H2,1H3,(H,27,32)(H2,29,30,31)(H2,33,34,35). The van der Waals surface area contributed by atoms with E-state index in [1.54, 1.807) is 43.9 Å². The number of carbonyl (C=O) groups excluding carboxylic acids is 1. The number of urea groups is 1. The Morgan fingerprint density at radius 1 is 1.22 bits per heavy atom. The van der Waals surface area contributed by atoms with Gasteiger partial charge in [0.15, 0.2) is 18.3 Å². The Bertz CT molecular complexity index is 1380. The van der Waals surface area contributed by atoms with Gasteiger partial charge in [-0.25, -0.2) is 19.8 Å². The fraction of sp³-hybridized carbons (Fsp3) is 0.160. The van der Waals surface area contributed by atoms with Crippen molar-refractivity contribution in [3.05, 3.63) is 78.8 Å². The molecule has 37 heavy (non-hydrogen) atoms. The van der Waals surface area contributed by atoms with Crippen molar-refractivity contribution >= 4 is 23.4 Å². The van der Waals surface area contributed by atoms with Crippen LogP contribution in [0.3, 0.4) is 0 Å². The Labute approximate surface area is 212 Å². The number of nitrogens with one attached hydrogen (secondary N) is 5. The van der Waals surface area contributed by atoms with Gasteiger partial charge in [0.25, 0.3) is 0 Å². The molecule has 4 rings (SSSR count). The fourth-order valence-corrected chi connectivity index (χ4v) is 3.46. The van der Waals surface area contributed by atoms with E-state index in [-0.39, 0.29) is 0 Å². The summed E-state index contributed by atoms with van der Waals surface area (Å²) in [5.74, 6) is 1.46. The maximum absolute atomic E-state index is 12.6. The van der Waals surface area contributed by atoms with Gasteiger partial charge < -0.3 is 30.1 Å². The molecule has 0 aliphatic carbocycles. The molecule has 12 nitrogen and oxygen atoms in total. The Hall–Kier alpha value is -5.31. The van der Waals surface area contributed by atoms with E-state index in [9.17, 15) is 4.79 Å². The number of aliphatic imine (C=N–C) groups is 1. The molecule has 0 unspecified atom stereocenters. The van der Waals surface area contributed by atoms with Crippen molar-refractivity contribution < 1.29 is 13.9 Å². The predicted molar refractivity (Wildman–Crippen MR) is 138 cm³/mol. The molecular weight excluding hydrogens is 474 g/mol. The zero-order valence-electron chi connectivity index (χ0n) is 20.0. The highest BCUT2D eigenvalue weighted by molar-refractivity contribution is 6.00. The Morgan fingerprint density at radius 2 is 2.08 bits per heavy atom. The maximum atomic E-state index is 12.6. The lowest BCUT2D eigenvalue weighted by atomic mass is 10.1. The Balaban J connectivity index is 1.34. The largest absolute Gasteiger partial charge is 0.496 e. The first-order valence-corrected chi connectivity index (χ1v) is 11.3. The molecule has 0 saturated carbocycles. The zero-order chi connectivity index (χ0) is 25.9. The Kier molecular flexibility index (Phi) is 8.32. The lowest BCUT2D eigenvalue weighted by Gasteiger charge is -2.12. The summed E-state index contributed by atoms with van der Waals surface area (Å²) in [6.45, 7) is 0.862. The van der Waals surface area contributed by atoms with Gasteiger partial charge in [0, 0.05) is 36.6 Å². The zero-order valence-corrected chi connectivity index (χ0v) is 20.0. The number of H-pyrrole nitrogens is 1. The molecule has 5 N–H and O–H groups in total. The minimum Gasteiger partial charge on any atom is -0.496 e. The Morgan fingerprint density at radius 3 is 2.81 bits per heavy atom. The summed E-state index contributed by atoms with van der Waals surface area (Å²) in [5.41, 5.74) is 3.62. The van der Waals surface area contributed by atoms with Gasteiger partial charge in [-0.2, -0.15) is 5.26 Å². The average molecular weight is 500 g/mol. The second kappa shape index (κ2) is 12.4. The summed E-state index contributed by atoms with van der Waals surface area (Å²) >= 11 is 0. The molecule has 0 atom stereocenters. The quantitative estimate of drug-likeness (QED) is 0.101. The second-order valence-electron chi connectivity index (χ2n) is 7.70. The van der Waals surface area contributed by atoms with Crippen LogP contribution in [0.2, 0.25) is 0 Å². The first-order chi connectivity index (χ1) is 18.1. The number of nitriles is 1. The number of aromatic nitrogens is 3. The van der Waals surface area contributed by atoms with Crippen molar-refractivity contribution in [1.82, 2.24) is 25.6 Å². The third-order valence-corrected chi connectivity index (χ3v) is 5.16. The van der Waals surface area contributed by atoms with E-state index in [0.717, 1.165) is 16.8 Å². The molecular formula is C25H25N9O3. The predicted octanol–water partition coefficient (Wildman–Crippen LogP) is 3.48. The van der Waals surface area contributed by atoms with Crippen LogP contribution in [0.1, 0.15) is 11.3 Å². The number of aromatic amines is 1. The fourth-order valence-electron chi connectivity index (χ4n) is 3.46. The number of hydrogen-bond acceptors (Lipinski definition) is 7. The monoisotopic (exact) mass is 499 g/mol. The van der Waals surface area contributed by atoms with E-state index in [0.29, 0.717) is 48.4 Å². The molecule has 2 heterocycles. The number of methoxy groups -OCH3 is 1. The molecule has 0 aliphatic heterocycles. The van der Waals surface area contributed by atoms with E-state index in [2.05, 4.69) is 41.2 Å². The molecule has 2 amide bonds. The molecule has 0 saturated heterocycles. The number of benzene rings is 2. The SMILES string of the molecule is COc1cc(NC(=O)Nc2cccc(C/N=C(\NC#N)NCCc3c[nH]cn3)c2)ccc1-c1cnco1. The summed E-state index contributed by atoms with van der Waals surface area (Å²) in [7, 11) is 1.54. The molecule has 2 aromatic carbocycles. The summed E-state index contributed by atoms with van der Waals surface area (Å²) < 4.78 is 10.8. The van der Waals surface area contributed by atoms with Crippen LogP contribution < -0.4 is 26.0 Å². The van der Waals surface area contributed by atoms with Crippen molar-refractivity contribution in [1.29, 1.82) is 5.26 Å². The topological polar surface area (TPSA) is 165 Å². The van der Waals surface area contributed by atoms with Gasteiger partial charge >= 0.3 is 6.03 Å². The first kappa shape index (κ1) is 24.8. The molecule has 0 bridgehead atoms. The van der Waals surface area contributed by atoms with Gasteiger partial charge in [0.2, 0.25) is 5.96 Å². The number of oxazole rings is 1. The maximum Gasteiger partial charge on any atom is 0.323 e. The number of rotatable bonds is 9. The van der Waals surface area contributed by atoms with Crippen LogP contribution in [0.4, 0.5) is 16.2 Å². The van der Waals surface area contributed by atoms with Crippen LogP contribution in [0.5, 0.6) is 5.75 Å². The van der Waals surface area contributed by atoms with Gasteiger partial charge in [-0.05, 0) is 29.8 Å². The van der Waals surface area contributed by atoms with Gasteiger partial charge in [0.05, 0.1) is 37.4 Å². The number of hydrogen-bond donors (Lipinski definition) is 5. The molecule has 0 fully saturated rings. The molecule has 12 heteroatoms. The normalized spacial score (nSPS) is 10.9. The van der Waals surface area contributed by atoms with E-state index in [1.165, 1.54) is 6.39 Å². The third-order valence-electron chi connectivity index (χ3n) is 5.16. The van der Waals surface area contributed by atoms with Crippen LogP contribution in [0.25, 0.3) is 11.3 Å². The highest BCUT2D eigenvalue weighted by atomic mass is 16.5. The third kappa shape index (κ3) is 7.09. The van der Waals surface area contributed by atoms with Crippen molar-refractivity contribution in [3.63, 3.8) is 0 Å².